The van der Waals surface area contributed by atoms with E-state index in [1.54, 1.807) is 12.2 Å². The summed E-state index contributed by atoms with van der Waals surface area (Å²) in [5.74, 6) is -2.46. The molecule has 2 heterocycles. The van der Waals surface area contributed by atoms with Crippen LogP contribution in [0.4, 0.5) is 0 Å². The van der Waals surface area contributed by atoms with Crippen LogP contribution in [0.5, 0.6) is 0 Å². The van der Waals surface area contributed by atoms with Crippen molar-refractivity contribution in [1.82, 2.24) is 26.6 Å². The first-order valence-corrected chi connectivity index (χ1v) is 15.3. The highest BCUT2D eigenvalue weighted by Gasteiger charge is 2.52. The van der Waals surface area contributed by atoms with Gasteiger partial charge in [0.25, 0.3) is 0 Å². The Hall–Kier alpha value is -2.78. The van der Waals surface area contributed by atoms with E-state index in [1.165, 1.54) is 28.7 Å². The summed E-state index contributed by atoms with van der Waals surface area (Å²) < 4.78 is 10.3. The first kappa shape index (κ1) is 30.8. The Bertz CT molecular complexity index is 974. The number of hydrogen-bond donors (Lipinski definition) is 5. The molecule has 216 valence electrons. The van der Waals surface area contributed by atoms with Gasteiger partial charge in [0.1, 0.15) is 30.3 Å². The molecule has 3 aliphatic rings. The van der Waals surface area contributed by atoms with E-state index in [1.807, 2.05) is 0 Å². The molecule has 0 aromatic carbocycles. The molecule has 5 N–H and O–H groups in total. The molecule has 1 saturated carbocycles. The van der Waals surface area contributed by atoms with Crippen LogP contribution >= 0.6 is 21.6 Å². The Balaban J connectivity index is 1.86. The van der Waals surface area contributed by atoms with E-state index in [-0.39, 0.29) is 30.9 Å². The molecule has 0 aromatic heterocycles. The monoisotopic (exact) mass is 585 g/mol. The highest BCUT2D eigenvalue weighted by atomic mass is 33.1. The first-order chi connectivity index (χ1) is 18.7. The van der Waals surface area contributed by atoms with Crippen molar-refractivity contribution in [1.29, 1.82) is 0 Å². The van der Waals surface area contributed by atoms with Crippen LogP contribution in [-0.2, 0) is 38.2 Å². The van der Waals surface area contributed by atoms with Crippen LogP contribution in [0.25, 0.3) is 0 Å². The fourth-order valence-corrected chi connectivity index (χ4v) is 6.05. The van der Waals surface area contributed by atoms with Crippen LogP contribution in [0.3, 0.4) is 0 Å². The molecule has 2 aliphatic heterocycles. The summed E-state index contributed by atoms with van der Waals surface area (Å²) in [4.78, 5) is 77.0. The van der Waals surface area contributed by atoms with E-state index in [2.05, 4.69) is 26.6 Å². The fraction of sp³-hybridized carbons (Fsp3) is 0.667. The smallest absolute Gasteiger partial charge is 0.326 e. The molecular formula is C24H35N5O8S2. The van der Waals surface area contributed by atoms with Crippen molar-refractivity contribution in [2.24, 2.45) is 0 Å². The lowest BCUT2D eigenvalue weighted by molar-refractivity contribution is -0.148. The molecule has 2 bridgehead atoms. The molecule has 3 rings (SSSR count). The van der Waals surface area contributed by atoms with Crippen molar-refractivity contribution < 1.29 is 38.2 Å². The minimum absolute atomic E-state index is 0.0285. The third-order valence-electron chi connectivity index (χ3n) is 6.22. The maximum absolute atomic E-state index is 13.3. The summed E-state index contributed by atoms with van der Waals surface area (Å²) in [6.45, 7) is 0.200. The summed E-state index contributed by atoms with van der Waals surface area (Å²) in [7, 11) is 4.40. The van der Waals surface area contributed by atoms with Crippen molar-refractivity contribution in [3.05, 3.63) is 12.2 Å². The van der Waals surface area contributed by atoms with E-state index in [0.29, 0.717) is 38.2 Å². The lowest BCUT2D eigenvalue weighted by Gasteiger charge is -2.26. The lowest BCUT2D eigenvalue weighted by atomic mass is 10.1. The Morgan fingerprint density at radius 3 is 2.69 bits per heavy atom. The molecule has 0 aromatic rings. The molecule has 5 amide bonds. The zero-order valence-corrected chi connectivity index (χ0v) is 23.4. The molecular weight excluding hydrogens is 550 g/mol. The number of amides is 5. The minimum atomic E-state index is -1.16. The average Bonchev–Trinajstić information content (AvgIpc) is 3.67. The Kier molecular flexibility index (Phi) is 11.9. The second-order valence-electron chi connectivity index (χ2n) is 9.37. The van der Waals surface area contributed by atoms with Crippen molar-refractivity contribution in [3.63, 3.8) is 0 Å². The molecule has 3 atom stereocenters. The number of esters is 1. The van der Waals surface area contributed by atoms with Crippen molar-refractivity contribution >= 4 is 57.1 Å². The zero-order chi connectivity index (χ0) is 28.3. The zero-order valence-electron chi connectivity index (χ0n) is 21.7. The van der Waals surface area contributed by atoms with Gasteiger partial charge in [0.15, 0.2) is 0 Å². The van der Waals surface area contributed by atoms with E-state index in [0.717, 1.165) is 0 Å². The Morgan fingerprint density at radius 2 is 1.95 bits per heavy atom. The van der Waals surface area contributed by atoms with Crippen LogP contribution < -0.4 is 26.6 Å². The third-order valence-corrected chi connectivity index (χ3v) is 8.67. The summed E-state index contributed by atoms with van der Waals surface area (Å²) in [5.41, 5.74) is -1.16. The van der Waals surface area contributed by atoms with Gasteiger partial charge in [0.05, 0.1) is 13.0 Å². The number of ether oxygens (including phenoxy) is 2. The third kappa shape index (κ3) is 10.0. The van der Waals surface area contributed by atoms with Gasteiger partial charge in [-0.15, -0.1) is 0 Å². The molecule has 1 aliphatic carbocycles. The van der Waals surface area contributed by atoms with Gasteiger partial charge in [0, 0.05) is 31.6 Å². The Morgan fingerprint density at radius 1 is 1.15 bits per heavy atom. The molecule has 1 saturated heterocycles. The highest BCUT2D eigenvalue weighted by Crippen LogP contribution is 2.36. The maximum Gasteiger partial charge on any atom is 0.326 e. The standard InChI is InChI=1S/C24H35N5O8S2/c1-36-10-9-25-18(30)6-5-16-21(33)28-17-14-39-38-11-3-2-4-15(12-19(31)27-16)37-20(32)13-26-23(35)24(7-8-24)29-22(17)34/h2,4,15-17H,3,5-14H2,1H3,(H,25,30)(H,26,35)(H,27,31)(H,28,33)(H,29,34)/t15-,16-,17-/m1/s1. The maximum atomic E-state index is 13.3. The SMILES string of the molecule is COCCNC(=O)CC[C@H]1NC(=O)C[C@H]2C=CCCSSC[C@@H](NC1=O)C(=O)NC1(CC1)C(=O)NCC(=O)O2. The lowest BCUT2D eigenvalue weighted by Crippen LogP contribution is -2.59. The fourth-order valence-electron chi connectivity index (χ4n) is 3.89. The quantitative estimate of drug-likeness (QED) is 0.111. The summed E-state index contributed by atoms with van der Waals surface area (Å²) in [6, 6.07) is -2.13. The van der Waals surface area contributed by atoms with Gasteiger partial charge in [-0.25, -0.2) is 0 Å². The first-order valence-electron chi connectivity index (χ1n) is 12.8. The van der Waals surface area contributed by atoms with Crippen molar-refractivity contribution in [3.8, 4) is 0 Å². The Labute approximate surface area is 234 Å². The largest absolute Gasteiger partial charge is 0.456 e. The number of hydrogen-bond acceptors (Lipinski definition) is 10. The van der Waals surface area contributed by atoms with Gasteiger partial charge >= 0.3 is 5.97 Å². The van der Waals surface area contributed by atoms with Crippen LogP contribution in [-0.4, -0.2) is 97.5 Å². The van der Waals surface area contributed by atoms with Gasteiger partial charge in [-0.05, 0) is 31.8 Å². The van der Waals surface area contributed by atoms with Gasteiger partial charge in [-0.1, -0.05) is 27.7 Å². The number of carbonyl (C=O) groups excluding carboxylic acids is 6. The summed E-state index contributed by atoms with van der Waals surface area (Å²) in [5, 5.41) is 13.2. The van der Waals surface area contributed by atoms with Crippen molar-refractivity contribution in [2.75, 3.05) is 38.3 Å². The van der Waals surface area contributed by atoms with E-state index in [4.69, 9.17) is 9.47 Å². The molecule has 2 fully saturated rings. The number of rotatable bonds is 6. The van der Waals surface area contributed by atoms with E-state index >= 15 is 0 Å². The second kappa shape index (κ2) is 15.1. The van der Waals surface area contributed by atoms with Gasteiger partial charge in [0.2, 0.25) is 29.5 Å². The molecule has 13 nitrogen and oxygen atoms in total. The second-order valence-corrected chi connectivity index (χ2v) is 12.0. The summed E-state index contributed by atoms with van der Waals surface area (Å²) in [6.07, 6.45) is 3.53. The van der Waals surface area contributed by atoms with E-state index in [9.17, 15) is 28.8 Å². The minimum Gasteiger partial charge on any atom is -0.456 e. The summed E-state index contributed by atoms with van der Waals surface area (Å²) >= 11 is 0. The number of fused-ring (bicyclic) bond motifs is 7. The average molecular weight is 586 g/mol. The van der Waals surface area contributed by atoms with Crippen molar-refractivity contribution in [2.45, 2.75) is 62.3 Å². The van der Waals surface area contributed by atoms with Crippen LogP contribution in [0, 0.1) is 0 Å². The van der Waals surface area contributed by atoms with Crippen LogP contribution in [0.15, 0.2) is 12.2 Å². The molecule has 0 radical (unpaired) electrons. The highest BCUT2D eigenvalue weighted by molar-refractivity contribution is 8.76. The van der Waals surface area contributed by atoms with Gasteiger partial charge in [-0.3, -0.25) is 28.8 Å². The predicted octanol–water partition coefficient (Wildman–Crippen LogP) is -1.08. The topological polar surface area (TPSA) is 181 Å². The number of nitrogens with one attached hydrogen (secondary N) is 5. The van der Waals surface area contributed by atoms with Crippen LogP contribution in [0.1, 0.15) is 38.5 Å². The van der Waals surface area contributed by atoms with E-state index < -0.39 is 59.9 Å². The van der Waals surface area contributed by atoms with Crippen LogP contribution in [0.2, 0.25) is 0 Å². The normalized spacial score (nSPS) is 26.4. The molecule has 15 heteroatoms. The molecule has 1 spiro atoms. The number of carbonyl (C=O) groups is 6. The predicted molar refractivity (Wildman–Crippen MR) is 144 cm³/mol. The molecule has 39 heavy (non-hydrogen) atoms. The van der Waals surface area contributed by atoms with Gasteiger partial charge < -0.3 is 36.1 Å². The molecule has 0 unspecified atom stereocenters. The number of methoxy groups -OCH3 is 1. The number of allylic oxidation sites excluding steroid dienone is 1. The van der Waals surface area contributed by atoms with Gasteiger partial charge in [-0.2, -0.15) is 0 Å².